The fraction of sp³-hybridized carbons (Fsp3) is 0.919. The quantitative estimate of drug-likeness (QED) is 0.0215. The average molecular weight is 1040 g/mol. The Kier molecular flexibility index (Phi) is 49.0. The van der Waals surface area contributed by atoms with E-state index in [0.29, 0.717) is 12.8 Å². The van der Waals surface area contributed by atoms with Crippen LogP contribution in [0, 0.1) is 0 Å². The Labute approximate surface area is 448 Å². The number of nitrogens with one attached hydrogen (secondary N) is 1. The molecule has 1 amide bonds. The van der Waals surface area contributed by atoms with Gasteiger partial charge in [0.1, 0.15) is 36.6 Å². The molecule has 0 aliphatic carbocycles. The number of allylic oxidation sites excluding steroid dienone is 4. The Balaban J connectivity index is 2.28. The van der Waals surface area contributed by atoms with E-state index in [2.05, 4.69) is 43.5 Å². The zero-order chi connectivity index (χ0) is 53.3. The lowest BCUT2D eigenvalue weighted by Crippen LogP contribution is -2.60. The van der Waals surface area contributed by atoms with E-state index in [4.69, 9.17) is 9.47 Å². The van der Waals surface area contributed by atoms with Crippen LogP contribution in [-0.2, 0) is 14.3 Å². The van der Waals surface area contributed by atoms with E-state index in [9.17, 15) is 40.5 Å². The Bertz CT molecular complexity index is 1240. The topological polar surface area (TPSA) is 189 Å². The normalized spacial score (nSPS) is 20.0. The van der Waals surface area contributed by atoms with Crippen LogP contribution in [0.15, 0.2) is 24.3 Å². The number of carbonyl (C=O) groups excluding carboxylic acids is 1. The van der Waals surface area contributed by atoms with Crippen LogP contribution in [0.2, 0.25) is 0 Å². The number of aliphatic hydroxyl groups excluding tert-OH is 7. The molecule has 1 aliphatic heterocycles. The van der Waals surface area contributed by atoms with E-state index in [1.165, 1.54) is 218 Å². The van der Waals surface area contributed by atoms with Crippen molar-refractivity contribution in [3.63, 3.8) is 0 Å². The summed E-state index contributed by atoms with van der Waals surface area (Å²) < 4.78 is 11.2. The number of carbonyl (C=O) groups is 1. The molecule has 8 N–H and O–H groups in total. The summed E-state index contributed by atoms with van der Waals surface area (Å²) in [7, 11) is 0. The van der Waals surface area contributed by atoms with Crippen LogP contribution < -0.4 is 5.32 Å². The molecule has 0 aromatic rings. The Morgan fingerprint density at radius 1 is 0.466 bits per heavy atom. The second-order valence-corrected chi connectivity index (χ2v) is 22.1. The van der Waals surface area contributed by atoms with Crippen LogP contribution >= 0.6 is 0 Å². The van der Waals surface area contributed by atoms with Gasteiger partial charge >= 0.3 is 0 Å². The zero-order valence-electron chi connectivity index (χ0n) is 47.4. The highest BCUT2D eigenvalue weighted by molar-refractivity contribution is 5.80. The Morgan fingerprint density at radius 2 is 0.808 bits per heavy atom. The molecule has 1 saturated heterocycles. The average Bonchev–Trinajstić information content (AvgIpc) is 3.39. The zero-order valence-corrected chi connectivity index (χ0v) is 47.4. The molecule has 0 aromatic carbocycles. The molecular formula is C62H119NO10. The summed E-state index contributed by atoms with van der Waals surface area (Å²) in [6.07, 6.45) is 51.0. The number of hydrogen-bond donors (Lipinski definition) is 8. The van der Waals surface area contributed by atoms with Gasteiger partial charge in [-0.2, -0.15) is 0 Å². The summed E-state index contributed by atoms with van der Waals surface area (Å²) >= 11 is 0. The lowest BCUT2D eigenvalue weighted by molar-refractivity contribution is -0.303. The fourth-order valence-electron chi connectivity index (χ4n) is 10.1. The van der Waals surface area contributed by atoms with Crippen molar-refractivity contribution in [3.05, 3.63) is 24.3 Å². The third-order valence-electron chi connectivity index (χ3n) is 15.2. The van der Waals surface area contributed by atoms with E-state index < -0.39 is 74.2 Å². The molecule has 9 atom stereocenters. The third-order valence-corrected chi connectivity index (χ3v) is 15.2. The smallest absolute Gasteiger partial charge is 0.249 e. The lowest BCUT2D eigenvalue weighted by atomic mass is 9.98. The number of aliphatic hydroxyl groups is 7. The molecule has 0 radical (unpaired) electrons. The van der Waals surface area contributed by atoms with Crippen molar-refractivity contribution in [2.24, 2.45) is 0 Å². The van der Waals surface area contributed by atoms with Crippen molar-refractivity contribution in [2.75, 3.05) is 13.2 Å². The largest absolute Gasteiger partial charge is 0.394 e. The van der Waals surface area contributed by atoms with Crippen LogP contribution in [0.3, 0.4) is 0 Å². The monoisotopic (exact) mass is 1040 g/mol. The van der Waals surface area contributed by atoms with Crippen LogP contribution in [0.25, 0.3) is 0 Å². The first kappa shape index (κ1) is 69.6. The van der Waals surface area contributed by atoms with E-state index in [-0.39, 0.29) is 12.8 Å². The molecule has 432 valence electrons. The lowest BCUT2D eigenvalue weighted by Gasteiger charge is -2.40. The second-order valence-electron chi connectivity index (χ2n) is 22.1. The first-order valence-electron chi connectivity index (χ1n) is 31.2. The maximum atomic E-state index is 13.2. The molecule has 11 heteroatoms. The molecule has 0 aromatic heterocycles. The number of rotatable bonds is 54. The van der Waals surface area contributed by atoms with Gasteiger partial charge in [0.05, 0.1) is 25.4 Å². The highest BCUT2D eigenvalue weighted by Crippen LogP contribution is 2.23. The molecule has 1 aliphatic rings. The van der Waals surface area contributed by atoms with Crippen molar-refractivity contribution in [1.82, 2.24) is 5.32 Å². The molecule has 11 nitrogen and oxygen atoms in total. The first-order valence-corrected chi connectivity index (χ1v) is 31.2. The van der Waals surface area contributed by atoms with Gasteiger partial charge in [0.25, 0.3) is 0 Å². The fourth-order valence-corrected chi connectivity index (χ4v) is 10.1. The van der Waals surface area contributed by atoms with E-state index in [0.717, 1.165) is 38.5 Å². The van der Waals surface area contributed by atoms with Crippen molar-refractivity contribution in [1.29, 1.82) is 0 Å². The minimum absolute atomic E-state index is 0.254. The molecule has 1 heterocycles. The van der Waals surface area contributed by atoms with Crippen molar-refractivity contribution in [3.8, 4) is 0 Å². The molecule has 0 saturated carbocycles. The summed E-state index contributed by atoms with van der Waals surface area (Å²) in [5.41, 5.74) is 0. The number of ether oxygens (including phenoxy) is 2. The molecule has 0 bridgehead atoms. The summed E-state index contributed by atoms with van der Waals surface area (Å²) in [5.74, 6) is -0.703. The third kappa shape index (κ3) is 39.6. The number of amides is 1. The first-order chi connectivity index (χ1) is 35.7. The van der Waals surface area contributed by atoms with Crippen LogP contribution in [-0.4, -0.2) is 110 Å². The van der Waals surface area contributed by atoms with Gasteiger partial charge in [-0.15, -0.1) is 0 Å². The SMILES string of the molecule is CCCCCCCCCCCCCC/C=C\CCCCCCCCCCCCC(O)C(=O)NC(COC1OC(CO)C(O)C(O)C1O)C(O)C(O)CCC/C=C/CCCCCCCCCCCCCCCCC. The number of unbranched alkanes of at least 4 members (excludes halogenated alkanes) is 38. The summed E-state index contributed by atoms with van der Waals surface area (Å²) in [6, 6.07) is -1.18. The van der Waals surface area contributed by atoms with Gasteiger partial charge in [-0.05, 0) is 64.2 Å². The molecule has 73 heavy (non-hydrogen) atoms. The summed E-state index contributed by atoms with van der Waals surface area (Å²) in [4.78, 5) is 13.2. The predicted molar refractivity (Wildman–Crippen MR) is 302 cm³/mol. The van der Waals surface area contributed by atoms with Gasteiger partial charge in [-0.25, -0.2) is 0 Å². The van der Waals surface area contributed by atoms with Gasteiger partial charge < -0.3 is 50.5 Å². The van der Waals surface area contributed by atoms with Crippen LogP contribution in [0.4, 0.5) is 0 Å². The standard InChI is InChI=1S/C62H119NO10/c1-3-5-7-9-11-13-15-17-19-21-23-25-26-27-28-29-30-32-34-36-38-40-42-44-46-48-50-55(66)61(71)63-53(52-72-62-60(70)59(69)58(68)56(51-64)73-62)57(67)54(65)49-47-45-43-41-39-37-35-33-31-24-22-20-18-16-14-12-10-8-6-4-2/h27-28,41,43,53-60,62,64-70H,3-26,29-40,42,44-52H2,1-2H3,(H,63,71)/b28-27-,43-41+. The molecule has 9 unspecified atom stereocenters. The van der Waals surface area contributed by atoms with Crippen LogP contribution in [0.1, 0.15) is 296 Å². The number of hydrogen-bond acceptors (Lipinski definition) is 10. The molecular weight excluding hydrogens is 919 g/mol. The van der Waals surface area contributed by atoms with Crippen LogP contribution in [0.5, 0.6) is 0 Å². The van der Waals surface area contributed by atoms with Gasteiger partial charge in [-0.3, -0.25) is 4.79 Å². The van der Waals surface area contributed by atoms with E-state index in [1.807, 2.05) is 0 Å². The predicted octanol–water partition coefficient (Wildman–Crippen LogP) is 13.7. The van der Waals surface area contributed by atoms with Crippen molar-refractivity contribution < 1.29 is 50.0 Å². The summed E-state index contributed by atoms with van der Waals surface area (Å²) in [5, 5.41) is 76.2. The Hall–Kier alpha value is -1.41. The Morgan fingerprint density at radius 3 is 1.18 bits per heavy atom. The van der Waals surface area contributed by atoms with Gasteiger partial charge in [0.2, 0.25) is 5.91 Å². The molecule has 1 rings (SSSR count). The highest BCUT2D eigenvalue weighted by Gasteiger charge is 2.44. The minimum atomic E-state index is -1.67. The van der Waals surface area contributed by atoms with Crippen molar-refractivity contribution in [2.45, 2.75) is 351 Å². The van der Waals surface area contributed by atoms with Gasteiger partial charge in [0, 0.05) is 0 Å². The van der Waals surface area contributed by atoms with E-state index >= 15 is 0 Å². The summed E-state index contributed by atoms with van der Waals surface area (Å²) in [6.45, 7) is 3.48. The maximum Gasteiger partial charge on any atom is 0.249 e. The molecule has 0 spiro atoms. The van der Waals surface area contributed by atoms with E-state index in [1.54, 1.807) is 0 Å². The maximum absolute atomic E-state index is 13.2. The van der Waals surface area contributed by atoms with Gasteiger partial charge in [0.15, 0.2) is 6.29 Å². The second kappa shape index (κ2) is 51.4. The highest BCUT2D eigenvalue weighted by atomic mass is 16.7. The molecule has 1 fully saturated rings. The minimum Gasteiger partial charge on any atom is -0.394 e. The van der Waals surface area contributed by atoms with Gasteiger partial charge in [-0.1, -0.05) is 256 Å². The van der Waals surface area contributed by atoms with Crippen molar-refractivity contribution >= 4 is 5.91 Å².